The molecule has 1 aromatic carbocycles. The molecule has 0 spiro atoms. The van der Waals surface area contributed by atoms with Crippen molar-refractivity contribution >= 4 is 50.2 Å². The molecule has 4 nitrogen and oxygen atoms in total. The Hall–Kier alpha value is -0.330. The van der Waals surface area contributed by atoms with Crippen LogP contribution in [0.2, 0.25) is 10.0 Å². The minimum atomic E-state index is -4.47. The third-order valence-corrected chi connectivity index (χ3v) is 3.63. The molecule has 0 aliphatic carbocycles. The van der Waals surface area contributed by atoms with Crippen LogP contribution in [0.25, 0.3) is 0 Å². The van der Waals surface area contributed by atoms with Gasteiger partial charge in [0.05, 0.1) is 15.6 Å². The fraction of sp³-hybridized carbons (Fsp3) is 0.125. The topological polar surface area (TPSA) is 71.4 Å². The first-order valence-electron chi connectivity index (χ1n) is 3.40. The second kappa shape index (κ2) is 5.33. The standard InChI is InChI=1S/C7H3Cl3O4S.CH4/c8-5-3(7(10)11)1-2-4(6(5)9)15(12,13)14;/h1-2H,(H,12,13,14);1H4. The van der Waals surface area contributed by atoms with Gasteiger partial charge in [-0.15, -0.1) is 0 Å². The molecular weight excluding hydrogens is 299 g/mol. The zero-order valence-corrected chi connectivity index (χ0v) is 9.95. The largest absolute Gasteiger partial charge is 0.296 e. The predicted octanol–water partition coefficient (Wildman–Crippen LogP) is 3.26. The van der Waals surface area contributed by atoms with Crippen molar-refractivity contribution in [3.63, 3.8) is 0 Å². The second-order valence-electron chi connectivity index (χ2n) is 2.49. The van der Waals surface area contributed by atoms with Gasteiger partial charge in [-0.3, -0.25) is 9.35 Å². The van der Waals surface area contributed by atoms with Gasteiger partial charge < -0.3 is 0 Å². The molecule has 0 saturated heterocycles. The van der Waals surface area contributed by atoms with Gasteiger partial charge in [0, 0.05) is 0 Å². The molecule has 0 heterocycles. The average Bonchev–Trinajstić information content (AvgIpc) is 2.06. The maximum atomic E-state index is 10.8. The van der Waals surface area contributed by atoms with Crippen molar-refractivity contribution < 1.29 is 17.8 Å². The molecule has 0 aromatic heterocycles. The molecule has 0 unspecified atom stereocenters. The van der Waals surface area contributed by atoms with Crippen molar-refractivity contribution in [3.8, 4) is 0 Å². The summed E-state index contributed by atoms with van der Waals surface area (Å²) in [6.45, 7) is 0. The van der Waals surface area contributed by atoms with Gasteiger partial charge in [0.2, 0.25) is 0 Å². The molecule has 0 aliphatic rings. The average molecular weight is 306 g/mol. The maximum absolute atomic E-state index is 10.8. The fourth-order valence-corrected chi connectivity index (χ4v) is 2.42. The summed E-state index contributed by atoms with van der Waals surface area (Å²) in [4.78, 5) is 10.2. The zero-order valence-electron chi connectivity index (χ0n) is 6.87. The summed E-state index contributed by atoms with van der Waals surface area (Å²) in [5.74, 6) is 0. The van der Waals surface area contributed by atoms with Crippen LogP contribution in [0.4, 0.5) is 0 Å². The third-order valence-electron chi connectivity index (χ3n) is 1.54. The zero-order chi connectivity index (χ0) is 11.8. The molecule has 8 heteroatoms. The van der Waals surface area contributed by atoms with E-state index in [1.165, 1.54) is 0 Å². The molecule has 1 N–H and O–H groups in total. The number of carbonyl (C=O) groups excluding carboxylic acids is 1. The number of hydrogen-bond donors (Lipinski definition) is 1. The van der Waals surface area contributed by atoms with Gasteiger partial charge in [-0.25, -0.2) is 0 Å². The van der Waals surface area contributed by atoms with E-state index in [-0.39, 0.29) is 18.0 Å². The molecule has 0 radical (unpaired) electrons. The fourth-order valence-electron chi connectivity index (χ4n) is 0.883. The molecule has 0 bridgehead atoms. The Morgan fingerprint density at radius 3 is 2.06 bits per heavy atom. The first-order chi connectivity index (χ1) is 6.75. The van der Waals surface area contributed by atoms with Gasteiger partial charge in [-0.2, -0.15) is 8.42 Å². The highest BCUT2D eigenvalue weighted by Crippen LogP contribution is 2.32. The van der Waals surface area contributed by atoms with E-state index in [9.17, 15) is 13.2 Å². The van der Waals surface area contributed by atoms with E-state index >= 15 is 0 Å². The lowest BCUT2D eigenvalue weighted by molar-refractivity contribution is 0.108. The number of halogens is 3. The van der Waals surface area contributed by atoms with Crippen molar-refractivity contribution in [2.75, 3.05) is 0 Å². The van der Waals surface area contributed by atoms with Crippen LogP contribution in [-0.2, 0) is 10.1 Å². The number of carbonyl (C=O) groups is 1. The highest BCUT2D eigenvalue weighted by Gasteiger charge is 2.20. The Morgan fingerprint density at radius 1 is 1.19 bits per heavy atom. The van der Waals surface area contributed by atoms with Gasteiger partial charge in [0.25, 0.3) is 15.4 Å². The van der Waals surface area contributed by atoms with E-state index in [1.54, 1.807) is 0 Å². The van der Waals surface area contributed by atoms with E-state index in [1.807, 2.05) is 0 Å². The van der Waals surface area contributed by atoms with E-state index in [0.717, 1.165) is 12.1 Å². The van der Waals surface area contributed by atoms with E-state index < -0.39 is 25.3 Å². The van der Waals surface area contributed by atoms with Crippen molar-refractivity contribution in [1.29, 1.82) is 0 Å². The molecule has 1 rings (SSSR count). The lowest BCUT2D eigenvalue weighted by Gasteiger charge is -2.05. The minimum Gasteiger partial charge on any atom is -0.282 e. The van der Waals surface area contributed by atoms with Crippen LogP contribution in [0.5, 0.6) is 0 Å². The molecule has 0 aliphatic heterocycles. The Morgan fingerprint density at radius 2 is 1.69 bits per heavy atom. The van der Waals surface area contributed by atoms with Gasteiger partial charge >= 0.3 is 0 Å². The summed E-state index contributed by atoms with van der Waals surface area (Å²) < 4.78 is 30.3. The van der Waals surface area contributed by atoms with Gasteiger partial charge in [-0.05, 0) is 23.7 Å². The lowest BCUT2D eigenvalue weighted by atomic mass is 10.2. The van der Waals surface area contributed by atoms with Crippen LogP contribution in [-0.4, -0.2) is 18.2 Å². The van der Waals surface area contributed by atoms with Gasteiger partial charge in [0.1, 0.15) is 4.90 Å². The Kier molecular flexibility index (Phi) is 5.22. The molecule has 1 aromatic rings. The van der Waals surface area contributed by atoms with Crippen LogP contribution in [0.1, 0.15) is 17.8 Å². The van der Waals surface area contributed by atoms with Crippen molar-refractivity contribution in [1.82, 2.24) is 0 Å². The van der Waals surface area contributed by atoms with E-state index in [4.69, 9.17) is 39.4 Å². The number of hydrogen-bond acceptors (Lipinski definition) is 3. The quantitative estimate of drug-likeness (QED) is 0.672. The normalized spacial score (nSPS) is 10.8. The Bertz CT molecular complexity index is 524. The molecule has 16 heavy (non-hydrogen) atoms. The van der Waals surface area contributed by atoms with Crippen LogP contribution in [0.15, 0.2) is 17.0 Å². The summed E-state index contributed by atoms with van der Waals surface area (Å²) >= 11 is 16.3. The summed E-state index contributed by atoms with van der Waals surface area (Å²) in [6, 6.07) is 2.01. The van der Waals surface area contributed by atoms with Gasteiger partial charge in [0.15, 0.2) is 0 Å². The summed E-state index contributed by atoms with van der Waals surface area (Å²) in [5.41, 5.74) is -0.129. The SMILES string of the molecule is C.O=C(Cl)c1ccc(S(=O)(=O)O)c(Cl)c1Cl. The van der Waals surface area contributed by atoms with E-state index in [0.29, 0.717) is 0 Å². The molecule has 0 fully saturated rings. The minimum absolute atomic E-state index is 0. The maximum Gasteiger partial charge on any atom is 0.296 e. The summed E-state index contributed by atoms with van der Waals surface area (Å²) in [7, 11) is -4.47. The van der Waals surface area contributed by atoms with Crippen LogP contribution >= 0.6 is 34.8 Å². The number of rotatable bonds is 2. The Balaban J connectivity index is 0.00000225. The molecule has 0 saturated carbocycles. The van der Waals surface area contributed by atoms with Crippen molar-refractivity contribution in [2.24, 2.45) is 0 Å². The van der Waals surface area contributed by atoms with Gasteiger partial charge in [-0.1, -0.05) is 30.6 Å². The molecular formula is C8H7Cl3O4S. The van der Waals surface area contributed by atoms with Crippen LogP contribution in [0.3, 0.4) is 0 Å². The van der Waals surface area contributed by atoms with Crippen LogP contribution in [0, 0.1) is 0 Å². The third kappa shape index (κ3) is 3.09. The Labute approximate surface area is 108 Å². The monoisotopic (exact) mass is 304 g/mol. The first-order valence-corrected chi connectivity index (χ1v) is 5.98. The van der Waals surface area contributed by atoms with Crippen LogP contribution < -0.4 is 0 Å². The molecule has 0 amide bonds. The first kappa shape index (κ1) is 15.7. The molecule has 90 valence electrons. The van der Waals surface area contributed by atoms with E-state index in [2.05, 4.69) is 0 Å². The highest BCUT2D eigenvalue weighted by atomic mass is 35.5. The smallest absolute Gasteiger partial charge is 0.282 e. The van der Waals surface area contributed by atoms with Crippen molar-refractivity contribution in [2.45, 2.75) is 12.3 Å². The second-order valence-corrected chi connectivity index (χ2v) is 4.98. The lowest BCUT2D eigenvalue weighted by Crippen LogP contribution is -2.01. The highest BCUT2D eigenvalue weighted by molar-refractivity contribution is 7.86. The van der Waals surface area contributed by atoms with Crippen molar-refractivity contribution in [3.05, 3.63) is 27.7 Å². The molecule has 0 atom stereocenters. The number of benzene rings is 1. The summed E-state index contributed by atoms with van der Waals surface area (Å²) in [5, 5.41) is -1.62. The summed E-state index contributed by atoms with van der Waals surface area (Å²) in [6.07, 6.45) is 0. The predicted molar refractivity (Wildman–Crippen MR) is 63.2 cm³/mol.